The summed E-state index contributed by atoms with van der Waals surface area (Å²) in [6, 6.07) is 4.26. The lowest BCUT2D eigenvalue weighted by molar-refractivity contribution is 0.433. The fraction of sp³-hybridized carbons (Fsp3) is 0.286. The van der Waals surface area contributed by atoms with Crippen LogP contribution in [0.15, 0.2) is 35.4 Å². The molecule has 2 N–H and O–H groups in total. The van der Waals surface area contributed by atoms with Gasteiger partial charge in [-0.2, -0.15) is 0 Å². The van der Waals surface area contributed by atoms with Crippen molar-refractivity contribution in [2.24, 2.45) is 5.73 Å². The summed E-state index contributed by atoms with van der Waals surface area (Å²) in [6.45, 7) is 3.86. The average molecular weight is 277 g/mol. The highest BCUT2D eigenvalue weighted by Gasteiger charge is 2.10. The Hall–Kier alpha value is -2.21. The van der Waals surface area contributed by atoms with Crippen molar-refractivity contribution in [1.82, 2.24) is 9.55 Å². The van der Waals surface area contributed by atoms with E-state index in [4.69, 9.17) is 10.5 Å². The van der Waals surface area contributed by atoms with E-state index in [-0.39, 0.29) is 29.8 Å². The molecule has 106 valence electrons. The van der Waals surface area contributed by atoms with Crippen LogP contribution >= 0.6 is 0 Å². The second-order valence-corrected chi connectivity index (χ2v) is 4.60. The summed E-state index contributed by atoms with van der Waals surface area (Å²) in [5.74, 6) is -0.336. The van der Waals surface area contributed by atoms with Gasteiger partial charge in [-0.05, 0) is 19.9 Å². The van der Waals surface area contributed by atoms with Crippen LogP contribution in [-0.4, -0.2) is 9.55 Å². The summed E-state index contributed by atoms with van der Waals surface area (Å²) in [5, 5.41) is 0. The first-order chi connectivity index (χ1) is 9.52. The summed E-state index contributed by atoms with van der Waals surface area (Å²) in [5.41, 5.74) is 5.42. The summed E-state index contributed by atoms with van der Waals surface area (Å²) in [6.07, 6.45) is 3.05. The molecule has 0 atom stereocenters. The molecular formula is C14H16FN3O2. The van der Waals surface area contributed by atoms with Crippen LogP contribution in [0.1, 0.15) is 25.5 Å². The molecule has 1 heterocycles. The van der Waals surface area contributed by atoms with Gasteiger partial charge in [0.1, 0.15) is 11.6 Å². The van der Waals surface area contributed by atoms with Gasteiger partial charge in [-0.3, -0.25) is 4.79 Å². The Kier molecular flexibility index (Phi) is 4.14. The first-order valence-electron chi connectivity index (χ1n) is 6.26. The summed E-state index contributed by atoms with van der Waals surface area (Å²) < 4.78 is 20.4. The Morgan fingerprint density at radius 1 is 1.45 bits per heavy atom. The van der Waals surface area contributed by atoms with Crippen LogP contribution in [0.25, 0.3) is 0 Å². The number of hydrogen-bond donors (Lipinski definition) is 1. The molecule has 0 aliphatic rings. The topological polar surface area (TPSA) is 70.1 Å². The van der Waals surface area contributed by atoms with Gasteiger partial charge in [-0.1, -0.05) is 6.07 Å². The smallest absolute Gasteiger partial charge is 0.313 e. The third-order valence-electron chi connectivity index (χ3n) is 2.85. The molecule has 0 bridgehead atoms. The van der Waals surface area contributed by atoms with Crippen LogP contribution in [0.4, 0.5) is 4.39 Å². The molecule has 0 saturated heterocycles. The predicted octanol–water partition coefficient (Wildman–Crippen LogP) is 2.21. The predicted molar refractivity (Wildman–Crippen MR) is 73.2 cm³/mol. The first-order valence-corrected chi connectivity index (χ1v) is 6.26. The van der Waals surface area contributed by atoms with Gasteiger partial charge >= 0.3 is 5.56 Å². The maximum atomic E-state index is 13.6. The van der Waals surface area contributed by atoms with E-state index in [0.717, 1.165) is 0 Å². The second kappa shape index (κ2) is 5.83. The zero-order valence-corrected chi connectivity index (χ0v) is 11.3. The largest absolute Gasteiger partial charge is 0.435 e. The van der Waals surface area contributed by atoms with E-state index < -0.39 is 5.82 Å². The van der Waals surface area contributed by atoms with Gasteiger partial charge in [0.25, 0.3) is 5.88 Å². The van der Waals surface area contributed by atoms with Crippen molar-refractivity contribution in [2.75, 3.05) is 0 Å². The summed E-state index contributed by atoms with van der Waals surface area (Å²) in [4.78, 5) is 16.0. The van der Waals surface area contributed by atoms with Crippen LogP contribution in [0, 0.1) is 5.82 Å². The van der Waals surface area contributed by atoms with E-state index in [2.05, 4.69) is 4.98 Å². The molecule has 2 rings (SSSR count). The molecule has 1 aromatic carbocycles. The Labute approximate surface area is 115 Å². The summed E-state index contributed by atoms with van der Waals surface area (Å²) >= 11 is 0. The van der Waals surface area contributed by atoms with Crippen LogP contribution in [0.5, 0.6) is 11.6 Å². The van der Waals surface area contributed by atoms with E-state index in [1.54, 1.807) is 12.3 Å². The van der Waals surface area contributed by atoms with E-state index in [1.165, 1.54) is 22.9 Å². The molecule has 20 heavy (non-hydrogen) atoms. The number of nitrogens with two attached hydrogens (primary N) is 1. The minimum absolute atomic E-state index is 0.01000. The second-order valence-electron chi connectivity index (χ2n) is 4.60. The molecule has 0 unspecified atom stereocenters. The highest BCUT2D eigenvalue weighted by Crippen LogP contribution is 2.20. The first kappa shape index (κ1) is 14.2. The highest BCUT2D eigenvalue weighted by atomic mass is 19.1. The van der Waals surface area contributed by atoms with Gasteiger partial charge in [-0.25, -0.2) is 9.37 Å². The zero-order chi connectivity index (χ0) is 14.7. The number of halogens is 1. The van der Waals surface area contributed by atoms with Crippen molar-refractivity contribution < 1.29 is 9.13 Å². The lowest BCUT2D eigenvalue weighted by atomic mass is 10.2. The molecule has 5 nitrogen and oxygen atoms in total. The third-order valence-corrected chi connectivity index (χ3v) is 2.85. The van der Waals surface area contributed by atoms with Gasteiger partial charge in [0, 0.05) is 36.6 Å². The van der Waals surface area contributed by atoms with Crippen molar-refractivity contribution in [1.29, 1.82) is 0 Å². The molecular weight excluding hydrogens is 261 g/mol. The maximum absolute atomic E-state index is 13.6. The van der Waals surface area contributed by atoms with E-state index in [0.29, 0.717) is 5.56 Å². The van der Waals surface area contributed by atoms with Gasteiger partial charge in [0.05, 0.1) is 0 Å². The monoisotopic (exact) mass is 277 g/mol. The Morgan fingerprint density at radius 2 is 2.20 bits per heavy atom. The van der Waals surface area contributed by atoms with Crippen molar-refractivity contribution in [3.63, 3.8) is 0 Å². The van der Waals surface area contributed by atoms with Crippen molar-refractivity contribution in [3.8, 4) is 11.6 Å². The quantitative estimate of drug-likeness (QED) is 0.930. The van der Waals surface area contributed by atoms with E-state index in [1.807, 2.05) is 13.8 Å². The maximum Gasteiger partial charge on any atom is 0.313 e. The number of ether oxygens (including phenoxy) is 1. The molecule has 0 aliphatic heterocycles. The van der Waals surface area contributed by atoms with Crippen molar-refractivity contribution in [2.45, 2.75) is 26.4 Å². The molecule has 2 aromatic rings. The highest BCUT2D eigenvalue weighted by molar-refractivity contribution is 5.31. The van der Waals surface area contributed by atoms with Gasteiger partial charge in [0.2, 0.25) is 0 Å². The van der Waals surface area contributed by atoms with E-state index in [9.17, 15) is 9.18 Å². The molecule has 0 fully saturated rings. The number of aromatic nitrogens is 2. The standard InChI is InChI=1S/C14H16FN3O2/c1-9(2)18-6-5-17-13(14(18)19)20-11-4-3-10(8-16)12(15)7-11/h3-7,9H,8,16H2,1-2H3. The molecule has 0 spiro atoms. The minimum Gasteiger partial charge on any atom is -0.435 e. The third kappa shape index (κ3) is 2.85. The Morgan fingerprint density at radius 3 is 2.80 bits per heavy atom. The van der Waals surface area contributed by atoms with Crippen LogP contribution in [0.3, 0.4) is 0 Å². The Bertz CT molecular complexity index is 668. The Balaban J connectivity index is 2.33. The van der Waals surface area contributed by atoms with Crippen molar-refractivity contribution in [3.05, 3.63) is 52.3 Å². The van der Waals surface area contributed by atoms with Crippen LogP contribution in [-0.2, 0) is 6.54 Å². The molecule has 1 aromatic heterocycles. The molecule has 0 saturated carbocycles. The van der Waals surface area contributed by atoms with Gasteiger partial charge in [0.15, 0.2) is 0 Å². The SMILES string of the molecule is CC(C)n1ccnc(Oc2ccc(CN)c(F)c2)c1=O. The lowest BCUT2D eigenvalue weighted by Gasteiger charge is -2.11. The zero-order valence-electron chi connectivity index (χ0n) is 11.3. The van der Waals surface area contributed by atoms with Crippen molar-refractivity contribution >= 4 is 0 Å². The lowest BCUT2D eigenvalue weighted by Crippen LogP contribution is -2.23. The van der Waals surface area contributed by atoms with E-state index >= 15 is 0 Å². The average Bonchev–Trinajstić information content (AvgIpc) is 2.41. The summed E-state index contributed by atoms with van der Waals surface area (Å²) in [7, 11) is 0. The van der Waals surface area contributed by atoms with Crippen LogP contribution < -0.4 is 16.0 Å². The van der Waals surface area contributed by atoms with Crippen LogP contribution in [0.2, 0.25) is 0 Å². The minimum atomic E-state index is -0.467. The number of hydrogen-bond acceptors (Lipinski definition) is 4. The molecule has 0 amide bonds. The molecule has 0 radical (unpaired) electrons. The number of nitrogens with zero attached hydrogens (tertiary/aromatic N) is 2. The molecule has 6 heteroatoms. The fourth-order valence-electron chi connectivity index (χ4n) is 1.75. The number of rotatable bonds is 4. The van der Waals surface area contributed by atoms with Gasteiger partial charge in [-0.15, -0.1) is 0 Å². The normalized spacial score (nSPS) is 10.8. The number of benzene rings is 1. The van der Waals surface area contributed by atoms with Gasteiger partial charge < -0.3 is 15.0 Å². The fourth-order valence-corrected chi connectivity index (χ4v) is 1.75. The molecule has 0 aliphatic carbocycles.